The molecule has 106 valence electrons. The van der Waals surface area contributed by atoms with E-state index in [0.29, 0.717) is 18.0 Å². The molecule has 1 atom stereocenters. The van der Waals surface area contributed by atoms with Gasteiger partial charge in [-0.15, -0.1) is 0 Å². The number of hydrogen-bond donors (Lipinski definition) is 1. The van der Waals surface area contributed by atoms with Gasteiger partial charge in [-0.1, -0.05) is 18.2 Å². The monoisotopic (exact) mass is 341 g/mol. The van der Waals surface area contributed by atoms with Crippen molar-refractivity contribution in [3.05, 3.63) is 58.1 Å². The zero-order valence-corrected chi connectivity index (χ0v) is 13.2. The number of halogens is 1. The molecule has 1 heterocycles. The van der Waals surface area contributed by atoms with Crippen LogP contribution in [-0.2, 0) is 0 Å². The van der Waals surface area contributed by atoms with Crippen molar-refractivity contribution in [3.63, 3.8) is 0 Å². The highest BCUT2D eigenvalue weighted by Gasteiger charge is 2.28. The number of fused-ring (bicyclic) bond motifs is 1. The molecular formula is C17H16BrN3. The minimum Gasteiger partial charge on any atom is -0.341 e. The van der Waals surface area contributed by atoms with Gasteiger partial charge in [0.15, 0.2) is 0 Å². The minimum absolute atomic E-state index is 0.473. The second-order valence-corrected chi connectivity index (χ2v) is 6.07. The Kier molecular flexibility index (Phi) is 3.96. The molecule has 0 radical (unpaired) electrons. The molecule has 0 fully saturated rings. The predicted octanol–water partition coefficient (Wildman–Crippen LogP) is 3.90. The fourth-order valence-corrected chi connectivity index (χ4v) is 3.41. The van der Waals surface area contributed by atoms with Crippen LogP contribution in [0.4, 0.5) is 11.4 Å². The van der Waals surface area contributed by atoms with Gasteiger partial charge < -0.3 is 10.6 Å². The van der Waals surface area contributed by atoms with Crippen molar-refractivity contribution in [1.82, 2.24) is 0 Å². The number of para-hydroxylation sites is 1. The highest BCUT2D eigenvalue weighted by Crippen LogP contribution is 2.42. The Morgan fingerprint density at radius 1 is 1.29 bits per heavy atom. The smallest absolute Gasteiger partial charge is 0.100 e. The first kappa shape index (κ1) is 14.1. The molecule has 2 aromatic carbocycles. The van der Waals surface area contributed by atoms with Gasteiger partial charge in [-0.2, -0.15) is 5.26 Å². The van der Waals surface area contributed by atoms with Crippen LogP contribution in [0.2, 0.25) is 0 Å². The summed E-state index contributed by atoms with van der Waals surface area (Å²) >= 11 is 3.47. The Morgan fingerprint density at radius 3 is 2.81 bits per heavy atom. The average molecular weight is 342 g/mol. The summed E-state index contributed by atoms with van der Waals surface area (Å²) in [5, 5.41) is 9.04. The Hall–Kier alpha value is -1.83. The van der Waals surface area contributed by atoms with Crippen molar-refractivity contribution in [1.29, 1.82) is 5.26 Å². The zero-order valence-electron chi connectivity index (χ0n) is 11.6. The van der Waals surface area contributed by atoms with Crippen molar-refractivity contribution in [3.8, 4) is 6.07 Å². The van der Waals surface area contributed by atoms with Gasteiger partial charge in [-0.05, 0) is 58.7 Å². The van der Waals surface area contributed by atoms with Crippen LogP contribution in [0.15, 0.2) is 46.9 Å². The Labute approximate surface area is 133 Å². The second kappa shape index (κ2) is 5.88. The van der Waals surface area contributed by atoms with Gasteiger partial charge in [0, 0.05) is 28.3 Å². The summed E-state index contributed by atoms with van der Waals surface area (Å²) in [5.74, 6) is 0.473. The van der Waals surface area contributed by atoms with Crippen LogP contribution in [0.25, 0.3) is 0 Å². The number of rotatable bonds is 3. The van der Waals surface area contributed by atoms with Crippen molar-refractivity contribution < 1.29 is 0 Å². The van der Waals surface area contributed by atoms with Gasteiger partial charge in [0.1, 0.15) is 6.07 Å². The lowest BCUT2D eigenvalue weighted by Gasteiger charge is -2.20. The maximum Gasteiger partial charge on any atom is 0.100 e. The van der Waals surface area contributed by atoms with E-state index in [9.17, 15) is 0 Å². The number of nitrogens with zero attached hydrogens (tertiary/aromatic N) is 2. The van der Waals surface area contributed by atoms with E-state index in [0.717, 1.165) is 23.1 Å². The third-order valence-electron chi connectivity index (χ3n) is 3.97. The normalized spacial score (nSPS) is 16.6. The fourth-order valence-electron chi connectivity index (χ4n) is 2.95. The summed E-state index contributed by atoms with van der Waals surface area (Å²) in [6.07, 6.45) is 0.991. The third kappa shape index (κ3) is 2.55. The van der Waals surface area contributed by atoms with E-state index in [2.05, 4.69) is 51.2 Å². The molecule has 1 aliphatic rings. The first-order valence-electron chi connectivity index (χ1n) is 7.00. The summed E-state index contributed by atoms with van der Waals surface area (Å²) in [5.41, 5.74) is 10.1. The molecule has 0 aliphatic carbocycles. The molecule has 4 heteroatoms. The van der Waals surface area contributed by atoms with Gasteiger partial charge in [-0.3, -0.25) is 0 Å². The number of hydrogen-bond acceptors (Lipinski definition) is 3. The van der Waals surface area contributed by atoms with E-state index in [1.807, 2.05) is 18.2 Å². The molecule has 0 saturated carbocycles. The second-order valence-electron chi connectivity index (χ2n) is 5.22. The Bertz CT molecular complexity index is 705. The predicted molar refractivity (Wildman–Crippen MR) is 88.7 cm³/mol. The molecule has 0 aromatic heterocycles. The van der Waals surface area contributed by atoms with Crippen molar-refractivity contribution >= 4 is 27.3 Å². The lowest BCUT2D eigenvalue weighted by atomic mass is 9.98. The number of nitrogens with two attached hydrogens (primary N) is 1. The summed E-state index contributed by atoms with van der Waals surface area (Å²) in [6, 6.07) is 16.5. The molecule has 0 bridgehead atoms. The van der Waals surface area contributed by atoms with Crippen LogP contribution in [-0.4, -0.2) is 13.1 Å². The summed E-state index contributed by atoms with van der Waals surface area (Å²) in [7, 11) is 0. The van der Waals surface area contributed by atoms with Crippen LogP contribution in [0, 0.1) is 11.3 Å². The van der Waals surface area contributed by atoms with E-state index >= 15 is 0 Å². The molecule has 3 nitrogen and oxygen atoms in total. The van der Waals surface area contributed by atoms with Gasteiger partial charge in [0.2, 0.25) is 0 Å². The van der Waals surface area contributed by atoms with Crippen LogP contribution in [0.1, 0.15) is 23.5 Å². The summed E-state index contributed by atoms with van der Waals surface area (Å²) in [6.45, 7) is 1.64. The highest BCUT2D eigenvalue weighted by atomic mass is 79.9. The average Bonchev–Trinajstić information content (AvgIpc) is 2.87. The third-order valence-corrected chi connectivity index (χ3v) is 4.63. The molecule has 0 amide bonds. The highest BCUT2D eigenvalue weighted by molar-refractivity contribution is 9.10. The molecule has 0 spiro atoms. The van der Waals surface area contributed by atoms with E-state index in [1.54, 1.807) is 0 Å². The van der Waals surface area contributed by atoms with Gasteiger partial charge in [0.25, 0.3) is 0 Å². The van der Waals surface area contributed by atoms with Crippen LogP contribution in [0.5, 0.6) is 0 Å². The molecule has 1 unspecified atom stereocenters. The van der Waals surface area contributed by atoms with E-state index < -0.39 is 0 Å². The molecule has 21 heavy (non-hydrogen) atoms. The van der Waals surface area contributed by atoms with Crippen molar-refractivity contribution in [2.75, 3.05) is 18.0 Å². The lowest BCUT2D eigenvalue weighted by Crippen LogP contribution is -2.17. The first-order valence-corrected chi connectivity index (χ1v) is 7.80. The van der Waals surface area contributed by atoms with Crippen molar-refractivity contribution in [2.45, 2.75) is 12.3 Å². The van der Waals surface area contributed by atoms with Crippen molar-refractivity contribution in [2.24, 2.45) is 5.73 Å². The molecule has 2 aromatic rings. The van der Waals surface area contributed by atoms with E-state index in [-0.39, 0.29) is 0 Å². The number of benzene rings is 2. The molecule has 2 N–H and O–H groups in total. The SMILES string of the molecule is N#Cc1ccc(N2CC(CCN)c3ccccc32)cc1Br. The minimum atomic E-state index is 0.473. The van der Waals surface area contributed by atoms with Gasteiger partial charge >= 0.3 is 0 Å². The quantitative estimate of drug-likeness (QED) is 0.920. The van der Waals surface area contributed by atoms with Gasteiger partial charge in [0.05, 0.1) is 5.56 Å². The zero-order chi connectivity index (χ0) is 14.8. The number of nitriles is 1. The summed E-state index contributed by atoms with van der Waals surface area (Å²) < 4.78 is 0.835. The van der Waals surface area contributed by atoms with Crippen LogP contribution < -0.4 is 10.6 Å². The fraction of sp³-hybridized carbons (Fsp3) is 0.235. The summed E-state index contributed by atoms with van der Waals surface area (Å²) in [4.78, 5) is 2.31. The molecule has 1 aliphatic heterocycles. The number of anilines is 2. The maximum atomic E-state index is 9.04. The van der Waals surface area contributed by atoms with Gasteiger partial charge in [-0.25, -0.2) is 0 Å². The van der Waals surface area contributed by atoms with E-state index in [4.69, 9.17) is 11.0 Å². The Morgan fingerprint density at radius 2 is 2.10 bits per heavy atom. The van der Waals surface area contributed by atoms with Crippen LogP contribution >= 0.6 is 15.9 Å². The Balaban J connectivity index is 2.01. The standard InChI is InChI=1S/C17H16BrN3/c18-16-9-14(6-5-12(16)10-20)21-11-13(7-8-19)15-3-1-2-4-17(15)21/h1-6,9,13H,7-8,11,19H2. The molecule has 0 saturated heterocycles. The first-order chi connectivity index (χ1) is 10.2. The molecular weight excluding hydrogens is 326 g/mol. The molecule has 3 rings (SSSR count). The largest absolute Gasteiger partial charge is 0.341 e. The van der Waals surface area contributed by atoms with E-state index in [1.165, 1.54) is 11.3 Å². The van der Waals surface area contributed by atoms with Crippen LogP contribution in [0.3, 0.4) is 0 Å². The maximum absolute atomic E-state index is 9.04. The lowest BCUT2D eigenvalue weighted by molar-refractivity contribution is 0.669. The topological polar surface area (TPSA) is 53.0 Å².